The van der Waals surface area contributed by atoms with E-state index in [1.54, 1.807) is 4.52 Å². The van der Waals surface area contributed by atoms with E-state index in [9.17, 15) is 0 Å². The van der Waals surface area contributed by atoms with Gasteiger partial charge in [-0.1, -0.05) is 12.8 Å². The number of hydrogen-bond acceptors (Lipinski definition) is 4. The summed E-state index contributed by atoms with van der Waals surface area (Å²) >= 11 is 3.48. The number of halogens is 1. The van der Waals surface area contributed by atoms with E-state index in [-0.39, 0.29) is 6.04 Å². The fraction of sp³-hybridized carbons (Fsp3) is 0.538. The number of nitrogens with zero attached hydrogens (tertiary/aromatic N) is 3. The second kappa shape index (κ2) is 5.46. The van der Waals surface area contributed by atoms with Crippen LogP contribution >= 0.6 is 15.9 Å². The molecule has 0 spiro atoms. The van der Waals surface area contributed by atoms with Crippen molar-refractivity contribution in [2.24, 2.45) is 11.7 Å². The molecule has 19 heavy (non-hydrogen) atoms. The van der Waals surface area contributed by atoms with Crippen LogP contribution in [0.3, 0.4) is 0 Å². The number of anilines is 1. The Bertz CT molecular complexity index is 561. The van der Waals surface area contributed by atoms with Gasteiger partial charge in [-0.3, -0.25) is 0 Å². The van der Waals surface area contributed by atoms with Crippen molar-refractivity contribution in [3.8, 4) is 0 Å². The molecular weight excluding hydrogens is 306 g/mol. The number of fused-ring (bicyclic) bond motifs is 1. The van der Waals surface area contributed by atoms with Crippen LogP contribution in [-0.2, 0) is 0 Å². The maximum atomic E-state index is 5.89. The van der Waals surface area contributed by atoms with Crippen LogP contribution in [0.5, 0.6) is 0 Å². The Kier molecular flexibility index (Phi) is 3.70. The first kappa shape index (κ1) is 12.9. The van der Waals surface area contributed by atoms with Gasteiger partial charge in [0.15, 0.2) is 5.65 Å². The van der Waals surface area contributed by atoms with Crippen LogP contribution in [-0.4, -0.2) is 27.2 Å². The number of hydrogen-bond donors (Lipinski definition) is 2. The van der Waals surface area contributed by atoms with Gasteiger partial charge in [0, 0.05) is 18.8 Å². The zero-order valence-corrected chi connectivity index (χ0v) is 12.3. The van der Waals surface area contributed by atoms with Gasteiger partial charge >= 0.3 is 0 Å². The Hall–Kier alpha value is -1.14. The van der Waals surface area contributed by atoms with Crippen LogP contribution < -0.4 is 11.1 Å². The van der Waals surface area contributed by atoms with Crippen molar-refractivity contribution in [1.29, 1.82) is 0 Å². The lowest BCUT2D eigenvalue weighted by Gasteiger charge is -2.22. The molecule has 1 fully saturated rings. The van der Waals surface area contributed by atoms with E-state index in [0.29, 0.717) is 18.4 Å². The molecule has 1 unspecified atom stereocenters. The molecule has 102 valence electrons. The average Bonchev–Trinajstić information content (AvgIpc) is 3.05. The molecule has 2 aromatic heterocycles. The molecule has 0 amide bonds. The Labute approximate surface area is 120 Å². The number of nitrogens with one attached hydrogen (secondary N) is 1. The minimum atomic E-state index is 0.277. The molecule has 5 nitrogen and oxygen atoms in total. The topological polar surface area (TPSA) is 68.2 Å². The summed E-state index contributed by atoms with van der Waals surface area (Å²) in [7, 11) is 0. The van der Waals surface area contributed by atoms with E-state index in [4.69, 9.17) is 5.73 Å². The van der Waals surface area contributed by atoms with Crippen LogP contribution in [0.4, 0.5) is 5.95 Å². The predicted molar refractivity (Wildman–Crippen MR) is 79.1 cm³/mol. The molecule has 6 heteroatoms. The number of aromatic nitrogens is 3. The van der Waals surface area contributed by atoms with E-state index in [1.807, 2.05) is 18.3 Å². The molecule has 3 rings (SSSR count). The largest absolute Gasteiger partial charge is 0.349 e. The van der Waals surface area contributed by atoms with Crippen molar-refractivity contribution in [3.05, 3.63) is 22.8 Å². The number of rotatable bonds is 4. The van der Waals surface area contributed by atoms with Gasteiger partial charge in [-0.05, 0) is 46.8 Å². The third-order valence-electron chi connectivity index (χ3n) is 3.85. The molecule has 1 aliphatic rings. The molecule has 1 atom stereocenters. The van der Waals surface area contributed by atoms with Gasteiger partial charge < -0.3 is 11.1 Å². The Morgan fingerprint density at radius 3 is 2.95 bits per heavy atom. The number of pyridine rings is 1. The molecule has 3 N–H and O–H groups in total. The smallest absolute Gasteiger partial charge is 0.243 e. The highest BCUT2D eigenvalue weighted by atomic mass is 79.9. The summed E-state index contributed by atoms with van der Waals surface area (Å²) in [6, 6.07) is 4.18. The van der Waals surface area contributed by atoms with Gasteiger partial charge in [-0.15, -0.1) is 5.10 Å². The summed E-state index contributed by atoms with van der Waals surface area (Å²) in [6.07, 6.45) is 7.03. The molecule has 0 aliphatic heterocycles. The minimum Gasteiger partial charge on any atom is -0.349 e. The molecule has 2 aromatic rings. The Balaban J connectivity index is 1.81. The van der Waals surface area contributed by atoms with Gasteiger partial charge in [0.1, 0.15) is 0 Å². The molecule has 0 saturated heterocycles. The maximum Gasteiger partial charge on any atom is 0.243 e. The fourth-order valence-corrected chi connectivity index (χ4v) is 3.25. The second-order valence-corrected chi connectivity index (χ2v) is 5.95. The first-order valence-electron chi connectivity index (χ1n) is 6.75. The van der Waals surface area contributed by atoms with E-state index >= 15 is 0 Å². The van der Waals surface area contributed by atoms with E-state index < -0.39 is 0 Å². The SMILES string of the molecule is NCC(Nc1nc2c(Br)cccn2n1)C1CCCC1. The maximum absolute atomic E-state index is 5.89. The molecule has 2 heterocycles. The normalized spacial score (nSPS) is 18.0. The predicted octanol–water partition coefficient (Wildman–Crippen LogP) is 2.42. The second-order valence-electron chi connectivity index (χ2n) is 5.09. The van der Waals surface area contributed by atoms with Gasteiger partial charge in [-0.2, -0.15) is 4.98 Å². The van der Waals surface area contributed by atoms with Gasteiger partial charge in [0.25, 0.3) is 0 Å². The van der Waals surface area contributed by atoms with Crippen LogP contribution in [0.15, 0.2) is 22.8 Å². The van der Waals surface area contributed by atoms with Crippen LogP contribution in [0, 0.1) is 5.92 Å². The van der Waals surface area contributed by atoms with E-state index in [0.717, 1.165) is 10.1 Å². The third-order valence-corrected chi connectivity index (χ3v) is 4.47. The standard InChI is InChI=1S/C13H18BrN5/c14-10-6-3-7-19-12(10)17-13(18-19)16-11(8-15)9-4-1-2-5-9/h3,6-7,9,11H,1-2,4-5,8,15H2,(H,16,18). The highest BCUT2D eigenvalue weighted by Gasteiger charge is 2.24. The highest BCUT2D eigenvalue weighted by Crippen LogP contribution is 2.28. The van der Waals surface area contributed by atoms with Crippen molar-refractivity contribution in [1.82, 2.24) is 14.6 Å². The lowest BCUT2D eigenvalue weighted by molar-refractivity contribution is 0.460. The summed E-state index contributed by atoms with van der Waals surface area (Å²) in [4.78, 5) is 4.51. The Morgan fingerprint density at radius 2 is 2.26 bits per heavy atom. The lowest BCUT2D eigenvalue weighted by Crippen LogP contribution is -2.35. The first-order valence-corrected chi connectivity index (χ1v) is 7.54. The van der Waals surface area contributed by atoms with Crippen molar-refractivity contribution >= 4 is 27.5 Å². The molecule has 0 bridgehead atoms. The summed E-state index contributed by atoms with van der Waals surface area (Å²) in [6.45, 7) is 0.626. The molecule has 1 aliphatic carbocycles. The molecule has 0 aromatic carbocycles. The Morgan fingerprint density at radius 1 is 1.47 bits per heavy atom. The van der Waals surface area contributed by atoms with Crippen molar-refractivity contribution in [3.63, 3.8) is 0 Å². The highest BCUT2D eigenvalue weighted by molar-refractivity contribution is 9.10. The van der Waals surface area contributed by atoms with E-state index in [1.165, 1.54) is 25.7 Å². The lowest BCUT2D eigenvalue weighted by atomic mass is 9.98. The quantitative estimate of drug-likeness (QED) is 0.906. The zero-order valence-electron chi connectivity index (χ0n) is 10.7. The van der Waals surface area contributed by atoms with Crippen LogP contribution in [0.1, 0.15) is 25.7 Å². The zero-order chi connectivity index (χ0) is 13.2. The molecule has 0 radical (unpaired) electrons. The van der Waals surface area contributed by atoms with Crippen molar-refractivity contribution < 1.29 is 0 Å². The first-order chi connectivity index (χ1) is 9.28. The minimum absolute atomic E-state index is 0.277. The monoisotopic (exact) mass is 323 g/mol. The summed E-state index contributed by atoms with van der Waals surface area (Å²) in [5.41, 5.74) is 6.72. The van der Waals surface area contributed by atoms with Gasteiger partial charge in [0.2, 0.25) is 5.95 Å². The summed E-state index contributed by atoms with van der Waals surface area (Å²) in [5.74, 6) is 1.31. The van der Waals surface area contributed by atoms with Gasteiger partial charge in [-0.25, -0.2) is 4.52 Å². The van der Waals surface area contributed by atoms with Crippen LogP contribution in [0.2, 0.25) is 0 Å². The summed E-state index contributed by atoms with van der Waals surface area (Å²) < 4.78 is 2.72. The molecule has 1 saturated carbocycles. The van der Waals surface area contributed by atoms with Crippen LogP contribution in [0.25, 0.3) is 5.65 Å². The van der Waals surface area contributed by atoms with Crippen molar-refractivity contribution in [2.45, 2.75) is 31.7 Å². The van der Waals surface area contributed by atoms with E-state index in [2.05, 4.69) is 31.3 Å². The third kappa shape index (κ3) is 2.60. The molecular formula is C13H18BrN5. The average molecular weight is 324 g/mol. The number of nitrogens with two attached hydrogens (primary N) is 1. The summed E-state index contributed by atoms with van der Waals surface area (Å²) in [5, 5.41) is 7.84. The van der Waals surface area contributed by atoms with Crippen molar-refractivity contribution in [2.75, 3.05) is 11.9 Å². The van der Waals surface area contributed by atoms with Gasteiger partial charge in [0.05, 0.1) is 4.47 Å². The fourth-order valence-electron chi connectivity index (χ4n) is 2.83.